The minimum Gasteiger partial charge on any atom is -0.419 e. The van der Waals surface area contributed by atoms with Gasteiger partial charge in [-0.25, -0.2) is 0 Å². The van der Waals surface area contributed by atoms with E-state index >= 15 is 0 Å². The number of thiophene rings is 1. The third-order valence-corrected chi connectivity index (χ3v) is 6.63. The fourth-order valence-electron chi connectivity index (χ4n) is 2.90. The number of nitrogens with zero attached hydrogens (tertiary/aromatic N) is 5. The normalized spacial score (nSPS) is 13.0. The van der Waals surface area contributed by atoms with Crippen LogP contribution in [-0.2, 0) is 12.5 Å². The second-order valence-corrected chi connectivity index (χ2v) is 10.1. The van der Waals surface area contributed by atoms with Gasteiger partial charge in [0.15, 0.2) is 11.0 Å². The van der Waals surface area contributed by atoms with E-state index in [1.54, 1.807) is 23.1 Å². The minimum absolute atomic E-state index is 0.0322. The molecule has 0 fully saturated rings. The topological polar surface area (TPSA) is 69.6 Å². The maximum Gasteiger partial charge on any atom is 0.257 e. The van der Waals surface area contributed by atoms with Gasteiger partial charge in [-0.3, -0.25) is 0 Å². The number of benzene rings is 1. The van der Waals surface area contributed by atoms with Crippen LogP contribution in [0.4, 0.5) is 0 Å². The van der Waals surface area contributed by atoms with E-state index in [-0.39, 0.29) is 10.7 Å². The zero-order chi connectivity index (χ0) is 20.6. The molecule has 1 atom stereocenters. The van der Waals surface area contributed by atoms with Gasteiger partial charge in [-0.1, -0.05) is 62.9 Å². The standard InChI is InChI=1S/C21H23N5OS2/c1-13(18-23-24-19(27-18)16-7-6-12-28-16)29-20-25-22-17(26(20)5)14-8-10-15(11-9-14)21(2,3)4/h6-13H,1-5H3. The molecule has 3 heterocycles. The average molecular weight is 426 g/mol. The molecule has 8 heteroatoms. The molecule has 0 aliphatic heterocycles. The van der Waals surface area contributed by atoms with Crippen molar-refractivity contribution in [2.45, 2.75) is 43.5 Å². The number of hydrogen-bond acceptors (Lipinski definition) is 7. The van der Waals surface area contributed by atoms with Gasteiger partial charge in [0.2, 0.25) is 5.89 Å². The molecular formula is C21H23N5OS2. The van der Waals surface area contributed by atoms with Crippen molar-refractivity contribution >= 4 is 23.1 Å². The Morgan fingerprint density at radius 2 is 1.79 bits per heavy atom. The van der Waals surface area contributed by atoms with Gasteiger partial charge < -0.3 is 8.98 Å². The Balaban J connectivity index is 1.51. The lowest BCUT2D eigenvalue weighted by atomic mass is 9.87. The maximum atomic E-state index is 5.85. The van der Waals surface area contributed by atoms with Crippen molar-refractivity contribution < 1.29 is 4.42 Å². The van der Waals surface area contributed by atoms with Crippen molar-refractivity contribution in [3.8, 4) is 22.2 Å². The molecule has 4 rings (SSSR count). The highest BCUT2D eigenvalue weighted by molar-refractivity contribution is 7.99. The Kier molecular flexibility index (Phi) is 5.31. The molecule has 4 aromatic rings. The van der Waals surface area contributed by atoms with E-state index in [4.69, 9.17) is 4.42 Å². The van der Waals surface area contributed by atoms with Crippen molar-refractivity contribution in [2.75, 3.05) is 0 Å². The number of aromatic nitrogens is 5. The van der Waals surface area contributed by atoms with Crippen molar-refractivity contribution in [2.24, 2.45) is 7.05 Å². The maximum absolute atomic E-state index is 5.85. The molecule has 0 aliphatic rings. The molecule has 1 aromatic carbocycles. The van der Waals surface area contributed by atoms with E-state index in [2.05, 4.69) is 65.4 Å². The number of thioether (sulfide) groups is 1. The molecule has 6 nitrogen and oxygen atoms in total. The summed E-state index contributed by atoms with van der Waals surface area (Å²) in [5.41, 5.74) is 2.47. The smallest absolute Gasteiger partial charge is 0.257 e. The Morgan fingerprint density at radius 3 is 2.45 bits per heavy atom. The van der Waals surface area contributed by atoms with E-state index in [0.717, 1.165) is 21.4 Å². The van der Waals surface area contributed by atoms with Crippen LogP contribution in [0, 0.1) is 0 Å². The first-order valence-corrected chi connectivity index (χ1v) is 11.1. The van der Waals surface area contributed by atoms with Crippen LogP contribution in [0.1, 0.15) is 44.4 Å². The molecule has 0 radical (unpaired) electrons. The van der Waals surface area contributed by atoms with Gasteiger partial charge in [-0.05, 0) is 29.3 Å². The average Bonchev–Trinajstić information content (AvgIpc) is 3.42. The van der Waals surface area contributed by atoms with Gasteiger partial charge in [-0.2, -0.15) is 0 Å². The Morgan fingerprint density at radius 1 is 1.03 bits per heavy atom. The lowest BCUT2D eigenvalue weighted by Gasteiger charge is -2.19. The van der Waals surface area contributed by atoms with Gasteiger partial charge in [0.25, 0.3) is 5.89 Å². The van der Waals surface area contributed by atoms with Crippen molar-refractivity contribution in [3.05, 3.63) is 53.2 Å². The van der Waals surface area contributed by atoms with Crippen LogP contribution in [0.2, 0.25) is 0 Å². The molecule has 150 valence electrons. The van der Waals surface area contributed by atoms with E-state index in [1.165, 1.54) is 5.56 Å². The number of rotatable bonds is 5. The molecule has 0 N–H and O–H groups in total. The minimum atomic E-state index is -0.0322. The van der Waals surface area contributed by atoms with E-state index in [9.17, 15) is 0 Å². The Hall–Kier alpha value is -2.45. The fraction of sp³-hybridized carbons (Fsp3) is 0.333. The summed E-state index contributed by atoms with van der Waals surface area (Å²) in [6, 6.07) is 12.5. The zero-order valence-corrected chi connectivity index (χ0v) is 18.7. The van der Waals surface area contributed by atoms with Crippen LogP contribution in [0.5, 0.6) is 0 Å². The molecule has 0 saturated carbocycles. The first kappa shape index (κ1) is 19.8. The summed E-state index contributed by atoms with van der Waals surface area (Å²) in [5.74, 6) is 1.97. The van der Waals surface area contributed by atoms with Gasteiger partial charge in [0.1, 0.15) is 0 Å². The van der Waals surface area contributed by atoms with Crippen molar-refractivity contribution in [3.63, 3.8) is 0 Å². The second-order valence-electron chi connectivity index (χ2n) is 7.88. The van der Waals surface area contributed by atoms with E-state index in [1.807, 2.05) is 36.1 Å². The van der Waals surface area contributed by atoms with Gasteiger partial charge in [-0.15, -0.1) is 31.7 Å². The van der Waals surface area contributed by atoms with Gasteiger partial charge in [0.05, 0.1) is 10.1 Å². The summed E-state index contributed by atoms with van der Waals surface area (Å²) in [7, 11) is 1.98. The highest BCUT2D eigenvalue weighted by Gasteiger charge is 2.21. The largest absolute Gasteiger partial charge is 0.419 e. The molecule has 0 amide bonds. The van der Waals surface area contributed by atoms with Crippen molar-refractivity contribution in [1.82, 2.24) is 25.0 Å². The molecule has 1 unspecified atom stereocenters. The molecule has 29 heavy (non-hydrogen) atoms. The third kappa shape index (κ3) is 4.13. The second kappa shape index (κ2) is 7.76. The quantitative estimate of drug-likeness (QED) is 0.380. The predicted octanol–water partition coefficient (Wildman–Crippen LogP) is 5.74. The van der Waals surface area contributed by atoms with Gasteiger partial charge >= 0.3 is 0 Å². The molecule has 0 spiro atoms. The molecule has 0 aliphatic carbocycles. The summed E-state index contributed by atoms with van der Waals surface area (Å²) in [5, 5.41) is 19.9. The predicted molar refractivity (Wildman–Crippen MR) is 117 cm³/mol. The molecule has 0 saturated heterocycles. The summed E-state index contributed by atoms with van der Waals surface area (Å²) >= 11 is 3.13. The summed E-state index contributed by atoms with van der Waals surface area (Å²) in [6.45, 7) is 8.66. The number of hydrogen-bond donors (Lipinski definition) is 0. The molecular weight excluding hydrogens is 402 g/mol. The summed E-state index contributed by atoms with van der Waals surface area (Å²) < 4.78 is 7.85. The van der Waals surface area contributed by atoms with Crippen LogP contribution in [0.3, 0.4) is 0 Å². The Labute approximate surface area is 178 Å². The van der Waals surface area contributed by atoms with Crippen LogP contribution < -0.4 is 0 Å². The summed E-state index contributed by atoms with van der Waals surface area (Å²) in [6.07, 6.45) is 0. The zero-order valence-electron chi connectivity index (χ0n) is 17.1. The third-order valence-electron chi connectivity index (χ3n) is 4.65. The van der Waals surface area contributed by atoms with Crippen molar-refractivity contribution in [1.29, 1.82) is 0 Å². The highest BCUT2D eigenvalue weighted by Crippen LogP contribution is 2.36. The fourth-order valence-corrected chi connectivity index (χ4v) is 4.38. The first-order chi connectivity index (χ1) is 13.8. The highest BCUT2D eigenvalue weighted by atomic mass is 32.2. The van der Waals surface area contributed by atoms with Gasteiger partial charge in [0, 0.05) is 12.6 Å². The lowest BCUT2D eigenvalue weighted by molar-refractivity contribution is 0.509. The van der Waals surface area contributed by atoms with E-state index < -0.39 is 0 Å². The monoisotopic (exact) mass is 425 g/mol. The van der Waals surface area contributed by atoms with Crippen LogP contribution in [-0.4, -0.2) is 25.0 Å². The van der Waals surface area contributed by atoms with Crippen LogP contribution in [0.25, 0.3) is 22.2 Å². The summed E-state index contributed by atoms with van der Waals surface area (Å²) in [4.78, 5) is 0.973. The molecule has 3 aromatic heterocycles. The first-order valence-electron chi connectivity index (χ1n) is 9.37. The van der Waals surface area contributed by atoms with Crippen LogP contribution >= 0.6 is 23.1 Å². The van der Waals surface area contributed by atoms with Crippen LogP contribution in [0.15, 0.2) is 51.4 Å². The molecule has 0 bridgehead atoms. The Bertz CT molecular complexity index is 1090. The lowest BCUT2D eigenvalue weighted by Crippen LogP contribution is -2.10. The van der Waals surface area contributed by atoms with E-state index in [0.29, 0.717) is 11.8 Å². The SMILES string of the molecule is CC(Sc1nnc(-c2ccc(C(C)(C)C)cc2)n1C)c1nnc(-c2cccs2)o1.